The summed E-state index contributed by atoms with van der Waals surface area (Å²) in [6.45, 7) is 5.64. The Morgan fingerprint density at radius 3 is 2.56 bits per heavy atom. The van der Waals surface area contributed by atoms with Gasteiger partial charge in [-0.3, -0.25) is 4.79 Å². The minimum absolute atomic E-state index is 0.0635. The first kappa shape index (κ1) is 13.4. The van der Waals surface area contributed by atoms with E-state index in [1.807, 2.05) is 25.7 Å². The van der Waals surface area contributed by atoms with E-state index in [0.29, 0.717) is 12.8 Å². The van der Waals surface area contributed by atoms with Crippen molar-refractivity contribution in [3.8, 4) is 0 Å². The fourth-order valence-corrected chi connectivity index (χ4v) is 2.95. The molecule has 2 unspecified atom stereocenters. The molecule has 0 saturated carbocycles. The molecular weight excluding hydrogens is 230 g/mol. The van der Waals surface area contributed by atoms with Crippen molar-refractivity contribution in [2.45, 2.75) is 77.0 Å². The van der Waals surface area contributed by atoms with Gasteiger partial charge in [0.15, 0.2) is 0 Å². The number of ether oxygens (including phenoxy) is 1. The molecular formula is C14H23NO3. The van der Waals surface area contributed by atoms with E-state index < -0.39 is 5.60 Å². The SMILES string of the molecule is CC(C)(C)OC(=O)N1C2CCCC1CC(=O)CC2. The Labute approximate surface area is 109 Å². The van der Waals surface area contributed by atoms with Gasteiger partial charge in [0.25, 0.3) is 0 Å². The predicted octanol–water partition coefficient (Wildman–Crippen LogP) is 2.90. The van der Waals surface area contributed by atoms with Crippen LogP contribution in [0.3, 0.4) is 0 Å². The van der Waals surface area contributed by atoms with Crippen LogP contribution in [0.15, 0.2) is 0 Å². The third kappa shape index (κ3) is 3.03. The molecule has 2 aliphatic rings. The van der Waals surface area contributed by atoms with E-state index in [1.54, 1.807) is 0 Å². The lowest BCUT2D eigenvalue weighted by Gasteiger charge is -2.40. The highest BCUT2D eigenvalue weighted by Crippen LogP contribution is 2.32. The minimum Gasteiger partial charge on any atom is -0.444 e. The van der Waals surface area contributed by atoms with Gasteiger partial charge < -0.3 is 9.64 Å². The summed E-state index contributed by atoms with van der Waals surface area (Å²) in [4.78, 5) is 25.8. The number of carbonyl (C=O) groups excluding carboxylic acids is 2. The van der Waals surface area contributed by atoms with E-state index >= 15 is 0 Å². The molecule has 2 atom stereocenters. The molecule has 2 rings (SSSR count). The van der Waals surface area contributed by atoms with E-state index in [-0.39, 0.29) is 24.0 Å². The zero-order valence-electron chi connectivity index (χ0n) is 11.6. The average molecular weight is 253 g/mol. The van der Waals surface area contributed by atoms with Crippen LogP contribution < -0.4 is 0 Å². The maximum Gasteiger partial charge on any atom is 0.410 e. The number of Topliss-reactive ketones (excluding diaryl/α,β-unsaturated/α-hetero) is 1. The summed E-state index contributed by atoms with van der Waals surface area (Å²) in [5, 5.41) is 0. The van der Waals surface area contributed by atoms with Crippen LogP contribution in [0, 0.1) is 0 Å². The highest BCUT2D eigenvalue weighted by Gasteiger charge is 2.39. The fraction of sp³-hybridized carbons (Fsp3) is 0.857. The van der Waals surface area contributed by atoms with Gasteiger partial charge in [0.2, 0.25) is 0 Å². The second-order valence-electron chi connectivity index (χ2n) is 6.41. The summed E-state index contributed by atoms with van der Waals surface area (Å²) in [5.74, 6) is 0.290. The average Bonchev–Trinajstić information content (AvgIpc) is 2.31. The molecule has 2 saturated heterocycles. The Morgan fingerprint density at radius 1 is 1.22 bits per heavy atom. The van der Waals surface area contributed by atoms with Gasteiger partial charge in [0.1, 0.15) is 11.4 Å². The van der Waals surface area contributed by atoms with Gasteiger partial charge in [0.05, 0.1) is 0 Å². The number of ketones is 1. The van der Waals surface area contributed by atoms with E-state index in [1.165, 1.54) is 0 Å². The van der Waals surface area contributed by atoms with Crippen molar-refractivity contribution in [2.75, 3.05) is 0 Å². The van der Waals surface area contributed by atoms with Gasteiger partial charge in [-0.1, -0.05) is 0 Å². The van der Waals surface area contributed by atoms with Gasteiger partial charge in [0, 0.05) is 24.9 Å². The molecule has 4 nitrogen and oxygen atoms in total. The van der Waals surface area contributed by atoms with Crippen LogP contribution in [0.1, 0.15) is 59.3 Å². The highest BCUT2D eigenvalue weighted by atomic mass is 16.6. The summed E-state index contributed by atoms with van der Waals surface area (Å²) in [6, 6.07) is 0.263. The smallest absolute Gasteiger partial charge is 0.410 e. The van der Waals surface area contributed by atoms with Crippen molar-refractivity contribution in [3.63, 3.8) is 0 Å². The Kier molecular flexibility index (Phi) is 3.64. The Morgan fingerprint density at radius 2 is 1.89 bits per heavy atom. The molecule has 4 heteroatoms. The summed E-state index contributed by atoms with van der Waals surface area (Å²) in [6.07, 6.45) is 4.73. The quantitative estimate of drug-likeness (QED) is 0.667. The number of fused-ring (bicyclic) bond motifs is 2. The van der Waals surface area contributed by atoms with Crippen molar-refractivity contribution in [3.05, 3.63) is 0 Å². The summed E-state index contributed by atoms with van der Waals surface area (Å²) in [5.41, 5.74) is -0.471. The number of nitrogens with zero attached hydrogens (tertiary/aromatic N) is 1. The van der Waals surface area contributed by atoms with Crippen LogP contribution in [-0.2, 0) is 9.53 Å². The molecule has 0 aromatic heterocycles. The molecule has 2 aliphatic heterocycles. The molecule has 0 radical (unpaired) electrons. The first-order valence-electron chi connectivity index (χ1n) is 6.90. The Hall–Kier alpha value is -1.06. The number of carbonyl (C=O) groups is 2. The normalized spacial score (nSPS) is 28.8. The number of hydrogen-bond donors (Lipinski definition) is 0. The third-order valence-electron chi connectivity index (χ3n) is 3.69. The number of piperidine rings is 1. The summed E-state index contributed by atoms with van der Waals surface area (Å²) < 4.78 is 5.48. The Balaban J connectivity index is 2.14. The van der Waals surface area contributed by atoms with Gasteiger partial charge in [-0.05, 0) is 46.5 Å². The lowest BCUT2D eigenvalue weighted by molar-refractivity contribution is -0.119. The fourth-order valence-electron chi connectivity index (χ4n) is 2.95. The van der Waals surface area contributed by atoms with E-state index in [4.69, 9.17) is 4.74 Å². The van der Waals surface area contributed by atoms with Crippen molar-refractivity contribution in [1.82, 2.24) is 4.90 Å². The van der Waals surface area contributed by atoms with Crippen LogP contribution in [-0.4, -0.2) is 34.5 Å². The van der Waals surface area contributed by atoms with Crippen molar-refractivity contribution >= 4 is 11.9 Å². The molecule has 0 aliphatic carbocycles. The molecule has 2 fully saturated rings. The molecule has 0 spiro atoms. The van der Waals surface area contributed by atoms with Crippen LogP contribution in [0.2, 0.25) is 0 Å². The molecule has 0 N–H and O–H groups in total. The van der Waals surface area contributed by atoms with Gasteiger partial charge >= 0.3 is 6.09 Å². The third-order valence-corrected chi connectivity index (χ3v) is 3.69. The molecule has 2 heterocycles. The molecule has 102 valence electrons. The first-order valence-corrected chi connectivity index (χ1v) is 6.90. The molecule has 2 bridgehead atoms. The van der Waals surface area contributed by atoms with Crippen LogP contribution in [0.25, 0.3) is 0 Å². The number of hydrogen-bond acceptors (Lipinski definition) is 3. The number of amides is 1. The lowest BCUT2D eigenvalue weighted by atomic mass is 9.95. The van der Waals surface area contributed by atoms with Crippen molar-refractivity contribution in [1.29, 1.82) is 0 Å². The van der Waals surface area contributed by atoms with E-state index in [2.05, 4.69) is 0 Å². The monoisotopic (exact) mass is 253 g/mol. The highest BCUT2D eigenvalue weighted by molar-refractivity contribution is 5.81. The lowest BCUT2D eigenvalue weighted by Crippen LogP contribution is -2.50. The van der Waals surface area contributed by atoms with Crippen LogP contribution in [0.4, 0.5) is 4.79 Å². The molecule has 0 aromatic rings. The second-order valence-corrected chi connectivity index (χ2v) is 6.41. The van der Waals surface area contributed by atoms with Crippen LogP contribution >= 0.6 is 0 Å². The molecule has 18 heavy (non-hydrogen) atoms. The predicted molar refractivity (Wildman–Crippen MR) is 68.4 cm³/mol. The Bertz CT molecular complexity index is 345. The van der Waals surface area contributed by atoms with Crippen molar-refractivity contribution < 1.29 is 14.3 Å². The molecule has 1 amide bonds. The van der Waals surface area contributed by atoms with E-state index in [0.717, 1.165) is 25.7 Å². The topological polar surface area (TPSA) is 46.6 Å². The largest absolute Gasteiger partial charge is 0.444 e. The maximum atomic E-state index is 12.3. The van der Waals surface area contributed by atoms with Crippen molar-refractivity contribution in [2.24, 2.45) is 0 Å². The zero-order chi connectivity index (χ0) is 13.3. The summed E-state index contributed by atoms with van der Waals surface area (Å²) in [7, 11) is 0. The second kappa shape index (κ2) is 4.90. The number of rotatable bonds is 0. The van der Waals surface area contributed by atoms with Gasteiger partial charge in [-0.2, -0.15) is 0 Å². The minimum atomic E-state index is -0.471. The standard InChI is InChI=1S/C14H23NO3/c1-14(2,3)18-13(17)15-10-5-4-6-11(15)9-12(16)8-7-10/h10-11H,4-9H2,1-3H3. The molecule has 0 aromatic carbocycles. The van der Waals surface area contributed by atoms with Crippen LogP contribution in [0.5, 0.6) is 0 Å². The first-order chi connectivity index (χ1) is 8.37. The zero-order valence-corrected chi connectivity index (χ0v) is 11.6. The van der Waals surface area contributed by atoms with E-state index in [9.17, 15) is 9.59 Å². The van der Waals surface area contributed by atoms with Gasteiger partial charge in [-0.15, -0.1) is 0 Å². The summed E-state index contributed by atoms with van der Waals surface area (Å²) >= 11 is 0. The maximum absolute atomic E-state index is 12.3. The van der Waals surface area contributed by atoms with Gasteiger partial charge in [-0.25, -0.2) is 4.79 Å².